The summed E-state index contributed by atoms with van der Waals surface area (Å²) in [4.78, 5) is 15.3. The van der Waals surface area contributed by atoms with Gasteiger partial charge in [0.25, 0.3) is 0 Å². The monoisotopic (exact) mass is 473 g/mol. The number of aromatic carboxylic acids is 1. The Hall–Kier alpha value is -3.05. The van der Waals surface area contributed by atoms with Crippen LogP contribution in [0.1, 0.15) is 54.6 Å². The first-order chi connectivity index (χ1) is 16.5. The van der Waals surface area contributed by atoms with E-state index in [-0.39, 0.29) is 5.69 Å². The predicted octanol–water partition coefficient (Wildman–Crippen LogP) is 7.39. The van der Waals surface area contributed by atoms with Gasteiger partial charge in [-0.1, -0.05) is 17.7 Å². The van der Waals surface area contributed by atoms with Gasteiger partial charge in [-0.05, 0) is 116 Å². The Morgan fingerprint density at radius 2 is 1.47 bits per heavy atom. The summed E-state index contributed by atoms with van der Waals surface area (Å²) in [5.74, 6) is 1.67. The molecular weight excluding hydrogens is 446 g/mol. The van der Waals surface area contributed by atoms with Crippen LogP contribution in [0.4, 0.5) is 22.7 Å². The van der Waals surface area contributed by atoms with Crippen molar-refractivity contribution in [1.29, 1.82) is 0 Å². The summed E-state index contributed by atoms with van der Waals surface area (Å²) >= 11 is 6.77. The fourth-order valence-electron chi connectivity index (χ4n) is 7.04. The van der Waals surface area contributed by atoms with Gasteiger partial charge in [0.2, 0.25) is 0 Å². The van der Waals surface area contributed by atoms with Crippen LogP contribution < -0.4 is 10.6 Å². The molecule has 5 nitrogen and oxygen atoms in total. The number of benzene rings is 2. The van der Waals surface area contributed by atoms with Crippen molar-refractivity contribution < 1.29 is 9.90 Å². The summed E-state index contributed by atoms with van der Waals surface area (Å²) in [6.07, 6.45) is 9.78. The first-order valence-electron chi connectivity index (χ1n) is 12.1. The van der Waals surface area contributed by atoms with Gasteiger partial charge in [-0.15, -0.1) is 0 Å². The van der Waals surface area contributed by atoms with Gasteiger partial charge < -0.3 is 15.7 Å². The number of carboxylic acid groups (broad SMARTS) is 1. The molecule has 3 N–H and O–H groups in total. The SMILES string of the molecule is O=C(O)c1ncccc1Nc1ccc(Nc2ccc(C34CC5CC(CC(C5)C3)C4)cc2Cl)cc1. The highest BCUT2D eigenvalue weighted by atomic mass is 35.5. The van der Waals surface area contributed by atoms with E-state index in [1.54, 1.807) is 12.1 Å². The van der Waals surface area contributed by atoms with Gasteiger partial charge in [-0.3, -0.25) is 0 Å². The number of aromatic nitrogens is 1. The number of hydrogen-bond acceptors (Lipinski definition) is 4. The van der Waals surface area contributed by atoms with Crippen LogP contribution in [0.2, 0.25) is 5.02 Å². The van der Waals surface area contributed by atoms with E-state index in [0.29, 0.717) is 11.1 Å². The molecule has 0 saturated heterocycles. The molecule has 0 aliphatic heterocycles. The normalized spacial score (nSPS) is 26.9. The van der Waals surface area contributed by atoms with E-state index in [1.165, 1.54) is 50.3 Å². The lowest BCUT2D eigenvalue weighted by Crippen LogP contribution is -2.48. The summed E-state index contributed by atoms with van der Waals surface area (Å²) in [5.41, 5.74) is 4.81. The van der Waals surface area contributed by atoms with Crippen LogP contribution in [0.5, 0.6) is 0 Å². The molecule has 0 unspecified atom stereocenters. The van der Waals surface area contributed by atoms with Crippen LogP contribution in [-0.2, 0) is 5.41 Å². The van der Waals surface area contributed by atoms with Gasteiger partial charge in [0.1, 0.15) is 0 Å². The van der Waals surface area contributed by atoms with E-state index >= 15 is 0 Å². The zero-order valence-electron chi connectivity index (χ0n) is 18.9. The number of pyridine rings is 1. The van der Waals surface area contributed by atoms with Crippen LogP contribution in [0.25, 0.3) is 0 Å². The highest BCUT2D eigenvalue weighted by molar-refractivity contribution is 6.33. The molecule has 0 radical (unpaired) electrons. The number of carboxylic acids is 1. The first-order valence-corrected chi connectivity index (χ1v) is 12.5. The van der Waals surface area contributed by atoms with Crippen LogP contribution in [-0.4, -0.2) is 16.1 Å². The van der Waals surface area contributed by atoms with E-state index in [1.807, 2.05) is 24.3 Å². The highest BCUT2D eigenvalue weighted by Gasteiger charge is 2.51. The molecule has 0 atom stereocenters. The zero-order chi connectivity index (χ0) is 23.3. The maximum absolute atomic E-state index is 11.4. The predicted molar refractivity (Wildman–Crippen MR) is 136 cm³/mol. The van der Waals surface area contributed by atoms with Crippen LogP contribution in [0.15, 0.2) is 60.8 Å². The quantitative estimate of drug-likeness (QED) is 0.348. The standard InChI is InChI=1S/C28H28ClN3O2/c29-23-13-20(28-14-17-10-18(15-28)12-19(11-17)16-28)3-8-24(23)31-21-4-6-22(7-5-21)32-25-2-1-9-30-26(25)27(33)34/h1-9,13,17-19,31-32H,10-12,14-16H2,(H,33,34). The largest absolute Gasteiger partial charge is 0.476 e. The van der Waals surface area contributed by atoms with Gasteiger partial charge >= 0.3 is 5.97 Å². The van der Waals surface area contributed by atoms with Crippen molar-refractivity contribution in [3.05, 3.63) is 77.1 Å². The molecule has 4 aliphatic rings. The van der Waals surface area contributed by atoms with E-state index in [4.69, 9.17) is 11.6 Å². The zero-order valence-corrected chi connectivity index (χ0v) is 19.7. The number of carbonyl (C=O) groups is 1. The Kier molecular flexibility index (Phi) is 5.25. The molecule has 2 aromatic carbocycles. The lowest BCUT2D eigenvalue weighted by Gasteiger charge is -2.57. The van der Waals surface area contributed by atoms with Crippen molar-refractivity contribution in [1.82, 2.24) is 4.98 Å². The van der Waals surface area contributed by atoms with E-state index in [9.17, 15) is 9.90 Å². The average Bonchev–Trinajstić information content (AvgIpc) is 2.81. The molecule has 6 heteroatoms. The third-order valence-electron chi connectivity index (χ3n) is 8.07. The number of halogens is 1. The summed E-state index contributed by atoms with van der Waals surface area (Å²) in [5, 5.41) is 16.6. The number of rotatable bonds is 6. The molecule has 1 aromatic heterocycles. The summed E-state index contributed by atoms with van der Waals surface area (Å²) in [6.45, 7) is 0. The molecule has 1 heterocycles. The van der Waals surface area contributed by atoms with Gasteiger partial charge in [0, 0.05) is 17.6 Å². The number of anilines is 4. The van der Waals surface area contributed by atoms with Gasteiger partial charge in [-0.2, -0.15) is 0 Å². The number of nitrogens with one attached hydrogen (secondary N) is 2. The lowest BCUT2D eigenvalue weighted by atomic mass is 9.48. The van der Waals surface area contributed by atoms with Crippen LogP contribution >= 0.6 is 11.6 Å². The molecule has 3 aromatic rings. The van der Waals surface area contributed by atoms with Gasteiger partial charge in [-0.25, -0.2) is 9.78 Å². The lowest BCUT2D eigenvalue weighted by molar-refractivity contribution is -0.00518. The third-order valence-corrected chi connectivity index (χ3v) is 8.39. The number of hydrogen-bond donors (Lipinski definition) is 3. The summed E-state index contributed by atoms with van der Waals surface area (Å²) < 4.78 is 0. The Bertz CT molecular complexity index is 1210. The van der Waals surface area contributed by atoms with Gasteiger partial charge in [0.15, 0.2) is 5.69 Å². The van der Waals surface area contributed by atoms with Crippen LogP contribution in [0, 0.1) is 17.8 Å². The van der Waals surface area contributed by atoms with Gasteiger partial charge in [0.05, 0.1) is 16.4 Å². The Morgan fingerprint density at radius 3 is 2.03 bits per heavy atom. The molecule has 174 valence electrons. The second-order valence-electron chi connectivity index (χ2n) is 10.4. The maximum atomic E-state index is 11.4. The Labute approximate surface area is 204 Å². The molecule has 0 spiro atoms. The Morgan fingerprint density at radius 1 is 0.882 bits per heavy atom. The minimum atomic E-state index is -1.06. The van der Waals surface area contributed by atoms with Crippen molar-refractivity contribution in [2.24, 2.45) is 17.8 Å². The van der Waals surface area contributed by atoms with Crippen molar-refractivity contribution in [3.63, 3.8) is 0 Å². The minimum Gasteiger partial charge on any atom is -0.476 e. The van der Waals surface area contributed by atoms with Crippen LogP contribution in [0.3, 0.4) is 0 Å². The molecule has 4 aliphatic carbocycles. The van der Waals surface area contributed by atoms with Crippen molar-refractivity contribution in [3.8, 4) is 0 Å². The maximum Gasteiger partial charge on any atom is 0.356 e. The molecule has 4 saturated carbocycles. The third kappa shape index (κ3) is 3.92. The fourth-order valence-corrected chi connectivity index (χ4v) is 7.26. The first kappa shape index (κ1) is 21.5. The Balaban J connectivity index is 1.17. The molecular formula is C28H28ClN3O2. The van der Waals surface area contributed by atoms with E-state index < -0.39 is 5.97 Å². The summed E-state index contributed by atoms with van der Waals surface area (Å²) in [6, 6.07) is 17.7. The second-order valence-corrected chi connectivity index (χ2v) is 10.8. The summed E-state index contributed by atoms with van der Waals surface area (Å²) in [7, 11) is 0. The molecule has 4 fully saturated rings. The number of nitrogens with zero attached hydrogens (tertiary/aromatic N) is 1. The molecule has 7 rings (SSSR count). The molecule has 4 bridgehead atoms. The smallest absolute Gasteiger partial charge is 0.356 e. The van der Waals surface area contributed by atoms with E-state index in [0.717, 1.165) is 39.8 Å². The topological polar surface area (TPSA) is 74.2 Å². The van der Waals surface area contributed by atoms with E-state index in [2.05, 4.69) is 33.8 Å². The van der Waals surface area contributed by atoms with Crippen molar-refractivity contribution in [2.75, 3.05) is 10.6 Å². The average molecular weight is 474 g/mol. The second kappa shape index (κ2) is 8.31. The minimum absolute atomic E-state index is 0.00408. The van der Waals surface area contributed by atoms with Crippen molar-refractivity contribution in [2.45, 2.75) is 43.9 Å². The molecule has 0 amide bonds. The van der Waals surface area contributed by atoms with Crippen molar-refractivity contribution >= 4 is 40.3 Å². The highest BCUT2D eigenvalue weighted by Crippen LogP contribution is 2.61. The molecule has 34 heavy (non-hydrogen) atoms. The fraction of sp³-hybridized carbons (Fsp3) is 0.357.